The maximum atomic E-state index is 9.00. The van der Waals surface area contributed by atoms with Crippen molar-refractivity contribution in [3.05, 3.63) is 42.5 Å². The number of aliphatic hydroxyl groups excluding tert-OH is 1. The normalized spacial score (nSPS) is 10.8. The summed E-state index contributed by atoms with van der Waals surface area (Å²) in [5.41, 5.74) is 1.24. The molecule has 0 unspecified atom stereocenters. The van der Waals surface area contributed by atoms with Crippen LogP contribution in [0.25, 0.3) is 0 Å². The summed E-state index contributed by atoms with van der Waals surface area (Å²) in [6.45, 7) is 10.8. The van der Waals surface area contributed by atoms with E-state index >= 15 is 0 Å². The molecule has 0 bridgehead atoms. The van der Waals surface area contributed by atoms with Gasteiger partial charge in [0, 0.05) is 26.2 Å². The maximum Gasteiger partial charge on any atom is 0.119 e. The molecule has 0 atom stereocenters. The third-order valence-corrected chi connectivity index (χ3v) is 3.13. The first-order valence-corrected chi connectivity index (χ1v) is 7.66. The molecule has 1 aromatic carbocycles. The molecule has 1 rings (SSSR count). The van der Waals surface area contributed by atoms with E-state index in [4.69, 9.17) is 9.84 Å². The van der Waals surface area contributed by atoms with Gasteiger partial charge in [-0.3, -0.25) is 4.90 Å². The lowest BCUT2D eigenvalue weighted by molar-refractivity contribution is 0.180. The van der Waals surface area contributed by atoms with Crippen molar-refractivity contribution < 1.29 is 9.84 Å². The average molecular weight is 292 g/mol. The number of ether oxygens (including phenoxy) is 1. The lowest BCUT2D eigenvalue weighted by Crippen LogP contribution is -2.31. The van der Waals surface area contributed by atoms with E-state index < -0.39 is 0 Å². The van der Waals surface area contributed by atoms with Crippen molar-refractivity contribution in [1.29, 1.82) is 0 Å². The van der Waals surface area contributed by atoms with E-state index in [-0.39, 0.29) is 6.61 Å². The summed E-state index contributed by atoms with van der Waals surface area (Å²) < 4.78 is 5.79. The molecular formula is C17H28N2O2. The highest BCUT2D eigenvalue weighted by atomic mass is 16.5. The lowest BCUT2D eigenvalue weighted by Gasteiger charge is -2.19. The predicted octanol–water partition coefficient (Wildman–Crippen LogP) is 2.05. The highest BCUT2D eigenvalue weighted by Gasteiger charge is 2.03. The summed E-state index contributed by atoms with van der Waals surface area (Å²) in [7, 11) is 0. The number of hydrogen-bond acceptors (Lipinski definition) is 4. The van der Waals surface area contributed by atoms with E-state index in [0.29, 0.717) is 13.2 Å². The fourth-order valence-corrected chi connectivity index (χ4v) is 2.07. The van der Waals surface area contributed by atoms with Gasteiger partial charge in [0.15, 0.2) is 0 Å². The molecule has 0 fully saturated rings. The van der Waals surface area contributed by atoms with Crippen LogP contribution in [0.3, 0.4) is 0 Å². The van der Waals surface area contributed by atoms with Gasteiger partial charge in [-0.15, -0.1) is 6.58 Å². The van der Waals surface area contributed by atoms with Gasteiger partial charge in [0.2, 0.25) is 0 Å². The molecule has 2 N–H and O–H groups in total. The van der Waals surface area contributed by atoms with E-state index in [1.54, 1.807) is 0 Å². The van der Waals surface area contributed by atoms with E-state index in [9.17, 15) is 0 Å². The number of benzene rings is 1. The van der Waals surface area contributed by atoms with E-state index in [2.05, 4.69) is 35.9 Å². The molecule has 0 heterocycles. The molecule has 0 aliphatic carbocycles. The Balaban J connectivity index is 2.36. The number of hydrogen-bond donors (Lipinski definition) is 2. The SMILES string of the molecule is C=CCN(CCO)CCOc1cccc(CNCCC)c1. The Kier molecular flexibility index (Phi) is 9.53. The quantitative estimate of drug-likeness (QED) is 0.457. The monoisotopic (exact) mass is 292 g/mol. The van der Waals surface area contributed by atoms with Crippen LogP contribution in [0, 0.1) is 0 Å². The molecule has 0 spiro atoms. The molecule has 0 aliphatic heterocycles. The zero-order chi connectivity index (χ0) is 15.3. The van der Waals surface area contributed by atoms with Crippen LogP contribution in [0.2, 0.25) is 0 Å². The second-order valence-corrected chi connectivity index (χ2v) is 4.99. The van der Waals surface area contributed by atoms with Gasteiger partial charge in [-0.25, -0.2) is 0 Å². The summed E-state index contributed by atoms with van der Waals surface area (Å²) in [4.78, 5) is 2.11. The molecule has 0 amide bonds. The van der Waals surface area contributed by atoms with Crippen molar-refractivity contribution in [2.24, 2.45) is 0 Å². The number of nitrogens with zero attached hydrogens (tertiary/aromatic N) is 1. The zero-order valence-corrected chi connectivity index (χ0v) is 13.1. The summed E-state index contributed by atoms with van der Waals surface area (Å²) in [6.07, 6.45) is 2.98. The van der Waals surface area contributed by atoms with Gasteiger partial charge in [0.25, 0.3) is 0 Å². The Morgan fingerprint density at radius 1 is 1.38 bits per heavy atom. The van der Waals surface area contributed by atoms with E-state index in [1.807, 2.05) is 18.2 Å². The fraction of sp³-hybridized carbons (Fsp3) is 0.529. The van der Waals surface area contributed by atoms with Gasteiger partial charge in [0.05, 0.1) is 6.61 Å². The topological polar surface area (TPSA) is 44.7 Å². The summed E-state index contributed by atoms with van der Waals surface area (Å²) >= 11 is 0. The molecule has 0 aromatic heterocycles. The molecule has 0 saturated carbocycles. The lowest BCUT2D eigenvalue weighted by atomic mass is 10.2. The van der Waals surface area contributed by atoms with Gasteiger partial charge in [0.1, 0.15) is 12.4 Å². The Morgan fingerprint density at radius 3 is 2.95 bits per heavy atom. The number of rotatable bonds is 12. The predicted molar refractivity (Wildman–Crippen MR) is 87.7 cm³/mol. The Bertz CT molecular complexity index is 396. The molecule has 0 aliphatic rings. The largest absolute Gasteiger partial charge is 0.492 e. The average Bonchev–Trinajstić information content (AvgIpc) is 2.48. The van der Waals surface area contributed by atoms with Crippen molar-refractivity contribution in [2.75, 3.05) is 39.4 Å². The third kappa shape index (κ3) is 7.85. The molecule has 4 nitrogen and oxygen atoms in total. The van der Waals surface area contributed by atoms with Crippen LogP contribution in [0.15, 0.2) is 36.9 Å². The first-order valence-electron chi connectivity index (χ1n) is 7.66. The van der Waals surface area contributed by atoms with Crippen molar-refractivity contribution in [3.8, 4) is 5.75 Å². The van der Waals surface area contributed by atoms with Crippen molar-refractivity contribution in [2.45, 2.75) is 19.9 Å². The molecule has 118 valence electrons. The Labute approximate surface area is 128 Å². The van der Waals surface area contributed by atoms with Crippen molar-refractivity contribution in [3.63, 3.8) is 0 Å². The second-order valence-electron chi connectivity index (χ2n) is 4.99. The maximum absolute atomic E-state index is 9.00. The minimum Gasteiger partial charge on any atom is -0.492 e. The van der Waals surface area contributed by atoms with E-state index in [1.165, 1.54) is 5.56 Å². The Hall–Kier alpha value is -1.36. The van der Waals surface area contributed by atoms with Crippen LogP contribution in [0.1, 0.15) is 18.9 Å². The highest BCUT2D eigenvalue weighted by molar-refractivity contribution is 5.28. The number of nitrogens with one attached hydrogen (secondary N) is 1. The molecule has 4 heteroatoms. The molecule has 21 heavy (non-hydrogen) atoms. The molecular weight excluding hydrogens is 264 g/mol. The van der Waals surface area contributed by atoms with Crippen molar-refractivity contribution >= 4 is 0 Å². The highest BCUT2D eigenvalue weighted by Crippen LogP contribution is 2.13. The molecule has 0 saturated heterocycles. The third-order valence-electron chi connectivity index (χ3n) is 3.13. The summed E-state index contributed by atoms with van der Waals surface area (Å²) in [5, 5.41) is 12.4. The number of aliphatic hydroxyl groups is 1. The van der Waals surface area contributed by atoms with Gasteiger partial charge in [-0.1, -0.05) is 25.1 Å². The minimum atomic E-state index is 0.159. The van der Waals surface area contributed by atoms with Crippen LogP contribution in [0.4, 0.5) is 0 Å². The first-order chi connectivity index (χ1) is 10.3. The van der Waals surface area contributed by atoms with Gasteiger partial charge in [-0.05, 0) is 30.7 Å². The van der Waals surface area contributed by atoms with Crippen molar-refractivity contribution in [1.82, 2.24) is 10.2 Å². The smallest absolute Gasteiger partial charge is 0.119 e. The minimum absolute atomic E-state index is 0.159. The van der Waals surface area contributed by atoms with Gasteiger partial charge in [-0.2, -0.15) is 0 Å². The Morgan fingerprint density at radius 2 is 2.24 bits per heavy atom. The fourth-order valence-electron chi connectivity index (χ4n) is 2.07. The van der Waals surface area contributed by atoms with Crippen LogP contribution in [0.5, 0.6) is 5.75 Å². The van der Waals surface area contributed by atoms with Crippen LogP contribution >= 0.6 is 0 Å². The van der Waals surface area contributed by atoms with Crippen LogP contribution in [-0.2, 0) is 6.54 Å². The van der Waals surface area contributed by atoms with Crippen LogP contribution < -0.4 is 10.1 Å². The second kappa shape index (κ2) is 11.3. The summed E-state index contributed by atoms with van der Waals surface area (Å²) in [5.74, 6) is 0.897. The van der Waals surface area contributed by atoms with Gasteiger partial charge >= 0.3 is 0 Å². The zero-order valence-electron chi connectivity index (χ0n) is 13.1. The van der Waals surface area contributed by atoms with Gasteiger partial charge < -0.3 is 15.2 Å². The van der Waals surface area contributed by atoms with E-state index in [0.717, 1.165) is 38.3 Å². The molecule has 0 radical (unpaired) electrons. The summed E-state index contributed by atoms with van der Waals surface area (Å²) in [6, 6.07) is 8.18. The first kappa shape index (κ1) is 17.7. The standard InChI is InChI=1S/C17H28N2O2/c1-3-8-18-15-16-6-5-7-17(14-16)21-13-11-19(9-4-2)10-12-20/h4-7,14,18,20H,2-3,8-13,15H2,1H3. The van der Waals surface area contributed by atoms with Crippen LogP contribution in [-0.4, -0.2) is 49.4 Å². The molecule has 1 aromatic rings.